The largest absolute Gasteiger partial charge is 0.365 e. The summed E-state index contributed by atoms with van der Waals surface area (Å²) >= 11 is 5.79. The van der Waals surface area contributed by atoms with Crippen LogP contribution in [-0.4, -0.2) is 35.9 Å². The van der Waals surface area contributed by atoms with E-state index in [1.54, 1.807) is 18.3 Å². The van der Waals surface area contributed by atoms with Crippen LogP contribution in [0.15, 0.2) is 30.5 Å². The Kier molecular flexibility index (Phi) is 4.92. The van der Waals surface area contributed by atoms with E-state index >= 15 is 0 Å². The quantitative estimate of drug-likeness (QED) is 0.887. The molecule has 1 aromatic heterocycles. The minimum absolute atomic E-state index is 0.0735. The molecule has 1 amide bonds. The van der Waals surface area contributed by atoms with Gasteiger partial charge in [0.15, 0.2) is 0 Å². The highest BCUT2D eigenvalue weighted by atomic mass is 35.5. The molecule has 2 aromatic rings. The summed E-state index contributed by atoms with van der Waals surface area (Å²) in [5, 5.41) is 3.14. The van der Waals surface area contributed by atoms with Crippen molar-refractivity contribution in [2.24, 2.45) is 5.92 Å². The average Bonchev–Trinajstić information content (AvgIpc) is 3.14. The van der Waals surface area contributed by atoms with Gasteiger partial charge in [0.05, 0.1) is 10.6 Å². The number of hydrogen-bond acceptors (Lipinski definition) is 2. The van der Waals surface area contributed by atoms with E-state index in [0.29, 0.717) is 12.1 Å². The van der Waals surface area contributed by atoms with E-state index in [0.717, 1.165) is 24.2 Å². The molecule has 1 aliphatic rings. The van der Waals surface area contributed by atoms with Gasteiger partial charge in [-0.3, -0.25) is 9.69 Å². The topological polar surface area (TPSA) is 48.1 Å². The summed E-state index contributed by atoms with van der Waals surface area (Å²) in [5.41, 5.74) is 2.41. The maximum absolute atomic E-state index is 13.8. The maximum Gasteiger partial charge on any atom is 0.253 e. The molecule has 3 rings (SSSR count). The van der Waals surface area contributed by atoms with Crippen molar-refractivity contribution < 1.29 is 9.18 Å². The minimum atomic E-state index is -0.403. The van der Waals surface area contributed by atoms with Crippen molar-refractivity contribution in [2.45, 2.75) is 19.4 Å². The molecular weight excluding hydrogens is 329 g/mol. The number of aryl methyl sites for hydroxylation is 1. The Labute approximate surface area is 146 Å². The number of aromatic amines is 1. The first-order valence-electron chi connectivity index (χ1n) is 8.04. The van der Waals surface area contributed by atoms with Gasteiger partial charge in [0.2, 0.25) is 0 Å². The fraction of sp³-hybridized carbons (Fsp3) is 0.389. The lowest BCUT2D eigenvalue weighted by Gasteiger charge is -2.26. The number of H-pyrrole nitrogens is 1. The third-order valence-corrected chi connectivity index (χ3v) is 5.09. The predicted molar refractivity (Wildman–Crippen MR) is 92.8 cm³/mol. The molecule has 0 radical (unpaired) electrons. The molecular formula is C18H21ClFN3O. The summed E-state index contributed by atoms with van der Waals surface area (Å²) in [6, 6.07) is 6.81. The zero-order valence-corrected chi connectivity index (χ0v) is 14.5. The molecule has 4 nitrogen and oxygen atoms in total. The Morgan fingerprint density at radius 1 is 1.46 bits per heavy atom. The summed E-state index contributed by atoms with van der Waals surface area (Å²) in [6.45, 7) is 3.35. The standard InChI is InChI=1S/C18H21ClFN3O/c1-11-14(5-7-21-11)18(24)22-10-13-6-8-23(2)17(13)12-3-4-15(19)16(20)9-12/h3-5,7,9,13,17,21H,6,8,10H2,1-2H3,(H,22,24)/t13-,17-/m0/s1. The third kappa shape index (κ3) is 3.32. The number of carbonyl (C=O) groups excluding carboxylic acids is 1. The van der Waals surface area contributed by atoms with E-state index < -0.39 is 5.82 Å². The number of hydrogen-bond donors (Lipinski definition) is 2. The average molecular weight is 350 g/mol. The lowest BCUT2D eigenvalue weighted by molar-refractivity contribution is 0.0943. The van der Waals surface area contributed by atoms with Gasteiger partial charge in [0.25, 0.3) is 5.91 Å². The van der Waals surface area contributed by atoms with Crippen LogP contribution in [-0.2, 0) is 0 Å². The fourth-order valence-corrected chi connectivity index (χ4v) is 3.60. The highest BCUT2D eigenvalue weighted by Gasteiger charge is 2.33. The number of likely N-dealkylation sites (tertiary alicyclic amines) is 1. The van der Waals surface area contributed by atoms with Crippen molar-refractivity contribution in [3.05, 3.63) is 58.1 Å². The van der Waals surface area contributed by atoms with Gasteiger partial charge in [0.1, 0.15) is 5.82 Å². The monoisotopic (exact) mass is 349 g/mol. The number of amides is 1. The zero-order chi connectivity index (χ0) is 17.3. The van der Waals surface area contributed by atoms with Crippen molar-refractivity contribution in [1.82, 2.24) is 15.2 Å². The van der Waals surface area contributed by atoms with Crippen LogP contribution in [0.1, 0.15) is 34.1 Å². The summed E-state index contributed by atoms with van der Waals surface area (Å²) < 4.78 is 13.8. The first-order chi connectivity index (χ1) is 11.5. The fourth-order valence-electron chi connectivity index (χ4n) is 3.48. The highest BCUT2D eigenvalue weighted by molar-refractivity contribution is 6.30. The van der Waals surface area contributed by atoms with Crippen molar-refractivity contribution in [3.8, 4) is 0 Å². The van der Waals surface area contributed by atoms with Crippen LogP contribution in [0.4, 0.5) is 4.39 Å². The summed E-state index contributed by atoms with van der Waals surface area (Å²) in [7, 11) is 2.02. The molecule has 0 unspecified atom stereocenters. The number of halogens is 2. The smallest absolute Gasteiger partial charge is 0.253 e. The first-order valence-corrected chi connectivity index (χ1v) is 8.42. The van der Waals surface area contributed by atoms with E-state index in [-0.39, 0.29) is 22.9 Å². The van der Waals surface area contributed by atoms with E-state index in [2.05, 4.69) is 15.2 Å². The third-order valence-electron chi connectivity index (χ3n) is 4.78. The van der Waals surface area contributed by atoms with Crippen LogP contribution in [0.3, 0.4) is 0 Å². The van der Waals surface area contributed by atoms with Crippen LogP contribution in [0.5, 0.6) is 0 Å². The Balaban J connectivity index is 1.71. The molecule has 1 fully saturated rings. The van der Waals surface area contributed by atoms with Crippen LogP contribution in [0, 0.1) is 18.7 Å². The van der Waals surface area contributed by atoms with Crippen LogP contribution < -0.4 is 5.32 Å². The molecule has 1 aromatic carbocycles. The van der Waals surface area contributed by atoms with E-state index in [1.165, 1.54) is 6.07 Å². The molecule has 0 saturated carbocycles. The molecule has 2 heterocycles. The van der Waals surface area contributed by atoms with Gasteiger partial charge in [-0.2, -0.15) is 0 Å². The predicted octanol–water partition coefficient (Wildman–Crippen LogP) is 3.54. The van der Waals surface area contributed by atoms with Crippen LogP contribution in [0.25, 0.3) is 0 Å². The Morgan fingerprint density at radius 3 is 2.92 bits per heavy atom. The lowest BCUT2D eigenvalue weighted by atomic mass is 9.93. The minimum Gasteiger partial charge on any atom is -0.365 e. The number of nitrogens with zero attached hydrogens (tertiary/aromatic N) is 1. The zero-order valence-electron chi connectivity index (χ0n) is 13.8. The molecule has 6 heteroatoms. The molecule has 24 heavy (non-hydrogen) atoms. The van der Waals surface area contributed by atoms with Crippen molar-refractivity contribution in [3.63, 3.8) is 0 Å². The molecule has 0 aliphatic carbocycles. The van der Waals surface area contributed by atoms with Gasteiger partial charge in [0, 0.05) is 24.5 Å². The van der Waals surface area contributed by atoms with Gasteiger partial charge in [-0.05, 0) is 56.6 Å². The number of aromatic nitrogens is 1. The van der Waals surface area contributed by atoms with Gasteiger partial charge < -0.3 is 10.3 Å². The first kappa shape index (κ1) is 17.0. The van der Waals surface area contributed by atoms with E-state index in [1.807, 2.05) is 20.0 Å². The summed E-state index contributed by atoms with van der Waals surface area (Å²) in [4.78, 5) is 17.5. The molecule has 0 bridgehead atoms. The molecule has 1 aliphatic heterocycles. The number of carbonyl (C=O) groups is 1. The number of rotatable bonds is 4. The summed E-state index contributed by atoms with van der Waals surface area (Å²) in [6.07, 6.45) is 2.71. The van der Waals surface area contributed by atoms with E-state index in [9.17, 15) is 9.18 Å². The van der Waals surface area contributed by atoms with Crippen molar-refractivity contribution >= 4 is 17.5 Å². The second-order valence-electron chi connectivity index (χ2n) is 6.37. The van der Waals surface area contributed by atoms with Crippen molar-refractivity contribution in [1.29, 1.82) is 0 Å². The maximum atomic E-state index is 13.8. The van der Waals surface area contributed by atoms with Crippen LogP contribution in [0.2, 0.25) is 5.02 Å². The van der Waals surface area contributed by atoms with Gasteiger partial charge in [-0.25, -0.2) is 4.39 Å². The summed E-state index contributed by atoms with van der Waals surface area (Å²) in [5.74, 6) is -0.247. The highest BCUT2D eigenvalue weighted by Crippen LogP contribution is 2.36. The SMILES string of the molecule is Cc1[nH]ccc1C(=O)NC[C@@H]1CCN(C)[C@H]1c1ccc(Cl)c(F)c1. The molecule has 128 valence electrons. The van der Waals surface area contributed by atoms with Gasteiger partial charge in [-0.1, -0.05) is 17.7 Å². The molecule has 2 N–H and O–H groups in total. The molecule has 0 spiro atoms. The van der Waals surface area contributed by atoms with Gasteiger partial charge in [-0.15, -0.1) is 0 Å². The Hall–Kier alpha value is -1.85. The normalized spacial score (nSPS) is 21.2. The lowest BCUT2D eigenvalue weighted by Crippen LogP contribution is -2.32. The second-order valence-corrected chi connectivity index (χ2v) is 6.78. The number of benzene rings is 1. The molecule has 2 atom stereocenters. The Morgan fingerprint density at radius 2 is 2.25 bits per heavy atom. The van der Waals surface area contributed by atoms with Crippen molar-refractivity contribution in [2.75, 3.05) is 20.1 Å². The van der Waals surface area contributed by atoms with Crippen LogP contribution >= 0.6 is 11.6 Å². The van der Waals surface area contributed by atoms with Gasteiger partial charge >= 0.3 is 0 Å². The second kappa shape index (κ2) is 6.95. The Bertz CT molecular complexity index is 746. The molecule has 1 saturated heterocycles. The van der Waals surface area contributed by atoms with E-state index in [4.69, 9.17) is 11.6 Å². The number of nitrogens with one attached hydrogen (secondary N) is 2.